The summed E-state index contributed by atoms with van der Waals surface area (Å²) in [5.74, 6) is -1.05. The normalized spacial score (nSPS) is 18.4. The molecular weight excluding hydrogens is 447 g/mol. The number of nitrogens with one attached hydrogen (secondary N) is 1. The molecule has 1 aliphatic heterocycles. The van der Waals surface area contributed by atoms with Crippen molar-refractivity contribution in [3.63, 3.8) is 0 Å². The van der Waals surface area contributed by atoms with E-state index in [1.54, 1.807) is 18.2 Å². The molecule has 2 N–H and O–H groups in total. The first-order valence-electron chi connectivity index (χ1n) is 12.3. The van der Waals surface area contributed by atoms with E-state index in [0.29, 0.717) is 40.9 Å². The maximum absolute atomic E-state index is 13.8. The number of cyclic esters (lactones) is 1. The summed E-state index contributed by atoms with van der Waals surface area (Å²) in [5.41, 5.74) is 4.01. The zero-order chi connectivity index (χ0) is 25.7. The van der Waals surface area contributed by atoms with Crippen LogP contribution in [0.15, 0.2) is 30.3 Å². The van der Waals surface area contributed by atoms with Crippen LogP contribution in [0.1, 0.15) is 93.0 Å². The van der Waals surface area contributed by atoms with Gasteiger partial charge in [0.05, 0.1) is 29.5 Å². The topological polar surface area (TPSA) is 88.5 Å². The first kappa shape index (κ1) is 26.5. The molecule has 1 aromatic carbocycles. The molecule has 0 unspecified atom stereocenters. The summed E-state index contributed by atoms with van der Waals surface area (Å²) in [6.45, 7) is 10.6. The van der Waals surface area contributed by atoms with Crippen molar-refractivity contribution in [2.45, 2.75) is 77.9 Å². The average Bonchev–Trinajstić information content (AvgIpc) is 2.80. The predicted octanol–water partition coefficient (Wildman–Crippen LogP) is 5.35. The minimum Gasteiger partial charge on any atom is -0.458 e. The standard InChI is InChI=1S/C28H35FN2O4/c1-6-13-30-28(34)25-24(18-7-9-19(29)10-8-18)22(26(16(2)3)31-27(25)17(4)5)12-11-21-14-20(32)15-23(33)35-21/h7-12,16-17,20-21,32H,6,13-15H2,1-5H3,(H,30,34)/b12-11+/t20-,21+/m1/s1. The molecule has 0 radical (unpaired) electrons. The number of aromatic nitrogens is 1. The van der Waals surface area contributed by atoms with Gasteiger partial charge < -0.3 is 15.2 Å². The number of carbonyl (C=O) groups is 2. The summed E-state index contributed by atoms with van der Waals surface area (Å²) in [6.07, 6.45) is 3.27. The summed E-state index contributed by atoms with van der Waals surface area (Å²) in [7, 11) is 0. The lowest BCUT2D eigenvalue weighted by molar-refractivity contribution is -0.156. The molecule has 1 aliphatic rings. The minimum atomic E-state index is -0.760. The van der Waals surface area contributed by atoms with Gasteiger partial charge >= 0.3 is 5.97 Å². The molecule has 1 fully saturated rings. The van der Waals surface area contributed by atoms with E-state index in [2.05, 4.69) is 5.32 Å². The number of hydrogen-bond acceptors (Lipinski definition) is 5. The van der Waals surface area contributed by atoms with Crippen molar-refractivity contribution in [2.75, 3.05) is 6.54 Å². The SMILES string of the molecule is CCCNC(=O)c1c(C(C)C)nc(C(C)C)c(/C=C/[C@H]2C[C@@H](O)CC(=O)O2)c1-c1ccc(F)cc1. The highest BCUT2D eigenvalue weighted by atomic mass is 19.1. The van der Waals surface area contributed by atoms with E-state index in [1.807, 2.05) is 40.7 Å². The van der Waals surface area contributed by atoms with Crippen LogP contribution in [0.4, 0.5) is 4.39 Å². The first-order chi connectivity index (χ1) is 16.6. The molecule has 35 heavy (non-hydrogen) atoms. The van der Waals surface area contributed by atoms with Gasteiger partial charge in [-0.2, -0.15) is 0 Å². The van der Waals surface area contributed by atoms with E-state index in [0.717, 1.165) is 12.1 Å². The molecule has 0 spiro atoms. The molecule has 1 aromatic heterocycles. The molecule has 2 atom stereocenters. The zero-order valence-corrected chi connectivity index (χ0v) is 21.1. The summed E-state index contributed by atoms with van der Waals surface area (Å²) in [4.78, 5) is 30.3. The number of ether oxygens (including phenoxy) is 1. The van der Waals surface area contributed by atoms with Crippen LogP contribution in [0.25, 0.3) is 17.2 Å². The Bertz CT molecular complexity index is 1090. The molecule has 0 aliphatic carbocycles. The lowest BCUT2D eigenvalue weighted by atomic mass is 9.86. The number of carbonyl (C=O) groups excluding carboxylic acids is 2. The van der Waals surface area contributed by atoms with Crippen LogP contribution in [0.2, 0.25) is 0 Å². The molecule has 6 nitrogen and oxygen atoms in total. The Balaban J connectivity index is 2.30. The van der Waals surface area contributed by atoms with E-state index >= 15 is 0 Å². The van der Waals surface area contributed by atoms with Crippen molar-refractivity contribution < 1.29 is 23.8 Å². The number of nitrogens with zero attached hydrogens (tertiary/aromatic N) is 1. The number of hydrogen-bond donors (Lipinski definition) is 2. The third-order valence-electron chi connectivity index (χ3n) is 5.95. The van der Waals surface area contributed by atoms with Gasteiger partial charge in [0.2, 0.25) is 0 Å². The third-order valence-corrected chi connectivity index (χ3v) is 5.95. The van der Waals surface area contributed by atoms with Gasteiger partial charge in [-0.1, -0.05) is 52.8 Å². The lowest BCUT2D eigenvalue weighted by Gasteiger charge is -2.25. The maximum atomic E-state index is 13.8. The number of pyridine rings is 1. The van der Waals surface area contributed by atoms with Gasteiger partial charge in [-0.3, -0.25) is 14.6 Å². The smallest absolute Gasteiger partial charge is 0.309 e. The number of rotatable bonds is 8. The van der Waals surface area contributed by atoms with Crippen molar-refractivity contribution in [1.29, 1.82) is 0 Å². The summed E-state index contributed by atoms with van der Waals surface area (Å²) in [5, 5.41) is 13.0. The van der Waals surface area contributed by atoms with E-state index in [-0.39, 0.29) is 30.0 Å². The highest BCUT2D eigenvalue weighted by molar-refractivity contribution is 6.04. The molecule has 1 amide bonds. The van der Waals surface area contributed by atoms with Crippen LogP contribution in [0.5, 0.6) is 0 Å². The Kier molecular flexibility index (Phi) is 8.78. The quantitative estimate of drug-likeness (QED) is 0.495. The van der Waals surface area contributed by atoms with E-state index < -0.39 is 18.2 Å². The van der Waals surface area contributed by atoms with Crippen LogP contribution in [0, 0.1) is 5.82 Å². The predicted molar refractivity (Wildman–Crippen MR) is 135 cm³/mol. The van der Waals surface area contributed by atoms with Gasteiger partial charge in [0.1, 0.15) is 11.9 Å². The van der Waals surface area contributed by atoms with E-state index in [1.165, 1.54) is 12.1 Å². The molecule has 7 heteroatoms. The number of aliphatic hydroxyl groups is 1. The Labute approximate surface area is 206 Å². The Hall–Kier alpha value is -3.06. The van der Waals surface area contributed by atoms with Crippen molar-refractivity contribution in [3.05, 3.63) is 58.7 Å². The second-order valence-electron chi connectivity index (χ2n) is 9.60. The summed E-state index contributed by atoms with van der Waals surface area (Å²) < 4.78 is 19.2. The molecule has 188 valence electrons. The molecule has 0 saturated carbocycles. The maximum Gasteiger partial charge on any atom is 0.309 e. The number of benzene rings is 1. The second-order valence-corrected chi connectivity index (χ2v) is 9.60. The molecule has 1 saturated heterocycles. The molecule has 2 aromatic rings. The number of halogens is 1. The number of aliphatic hydroxyl groups excluding tert-OH is 1. The largest absolute Gasteiger partial charge is 0.458 e. The second kappa shape index (κ2) is 11.6. The van der Waals surface area contributed by atoms with Crippen LogP contribution in [0.3, 0.4) is 0 Å². The van der Waals surface area contributed by atoms with Crippen LogP contribution < -0.4 is 5.32 Å². The molecule has 3 rings (SSSR count). The van der Waals surface area contributed by atoms with Gasteiger partial charge in [-0.25, -0.2) is 4.39 Å². The third kappa shape index (κ3) is 6.34. The van der Waals surface area contributed by atoms with E-state index in [9.17, 15) is 19.1 Å². The van der Waals surface area contributed by atoms with Crippen LogP contribution in [-0.4, -0.2) is 40.7 Å². The Morgan fingerprint density at radius 1 is 1.20 bits per heavy atom. The number of esters is 1. The summed E-state index contributed by atoms with van der Waals surface area (Å²) >= 11 is 0. The van der Waals surface area contributed by atoms with Crippen LogP contribution >= 0.6 is 0 Å². The van der Waals surface area contributed by atoms with Gasteiger partial charge in [-0.05, 0) is 42.0 Å². The fourth-order valence-electron chi connectivity index (χ4n) is 4.27. The highest BCUT2D eigenvalue weighted by Crippen LogP contribution is 2.37. The van der Waals surface area contributed by atoms with Crippen LogP contribution in [-0.2, 0) is 9.53 Å². The average molecular weight is 483 g/mol. The monoisotopic (exact) mass is 482 g/mol. The first-order valence-corrected chi connectivity index (χ1v) is 12.3. The Morgan fingerprint density at radius 2 is 1.86 bits per heavy atom. The van der Waals surface area contributed by atoms with Crippen molar-refractivity contribution in [2.24, 2.45) is 0 Å². The molecule has 2 heterocycles. The fourth-order valence-corrected chi connectivity index (χ4v) is 4.27. The zero-order valence-electron chi connectivity index (χ0n) is 21.1. The van der Waals surface area contributed by atoms with Gasteiger partial charge in [0.15, 0.2) is 0 Å². The van der Waals surface area contributed by atoms with Crippen molar-refractivity contribution >= 4 is 18.0 Å². The summed E-state index contributed by atoms with van der Waals surface area (Å²) in [6, 6.07) is 6.08. The number of amides is 1. The lowest BCUT2D eigenvalue weighted by Crippen LogP contribution is -2.31. The Morgan fingerprint density at radius 3 is 2.43 bits per heavy atom. The fraction of sp³-hybridized carbons (Fsp3) is 0.464. The highest BCUT2D eigenvalue weighted by Gasteiger charge is 2.28. The van der Waals surface area contributed by atoms with E-state index in [4.69, 9.17) is 9.72 Å². The van der Waals surface area contributed by atoms with Gasteiger partial charge in [0, 0.05) is 24.1 Å². The van der Waals surface area contributed by atoms with Crippen molar-refractivity contribution in [1.82, 2.24) is 10.3 Å². The van der Waals surface area contributed by atoms with Gasteiger partial charge in [0.25, 0.3) is 5.91 Å². The minimum absolute atomic E-state index is 0.0190. The molecule has 0 bridgehead atoms. The van der Waals surface area contributed by atoms with Gasteiger partial charge in [-0.15, -0.1) is 0 Å². The van der Waals surface area contributed by atoms with Crippen molar-refractivity contribution in [3.8, 4) is 11.1 Å². The molecular formula is C28H35FN2O4.